The van der Waals surface area contributed by atoms with Gasteiger partial charge in [-0.3, -0.25) is 4.79 Å². The summed E-state index contributed by atoms with van der Waals surface area (Å²) in [5.74, 6) is -0.0770. The number of pyridine rings is 1. The van der Waals surface area contributed by atoms with Crippen molar-refractivity contribution in [3.8, 4) is 5.75 Å². The molecule has 30 heavy (non-hydrogen) atoms. The zero-order chi connectivity index (χ0) is 21.1. The predicted molar refractivity (Wildman–Crippen MR) is 106 cm³/mol. The van der Waals surface area contributed by atoms with E-state index in [1.54, 1.807) is 0 Å². The van der Waals surface area contributed by atoms with Crippen LogP contribution in [0.25, 0.3) is 0 Å². The van der Waals surface area contributed by atoms with Gasteiger partial charge in [0.1, 0.15) is 23.5 Å². The number of aliphatic imine (C=N–C) groups is 1. The van der Waals surface area contributed by atoms with Crippen molar-refractivity contribution in [3.63, 3.8) is 0 Å². The Morgan fingerprint density at radius 2 is 2.00 bits per heavy atom. The van der Waals surface area contributed by atoms with E-state index in [0.29, 0.717) is 31.1 Å². The molecule has 0 amide bonds. The van der Waals surface area contributed by atoms with Crippen molar-refractivity contribution in [2.24, 2.45) is 16.1 Å². The van der Waals surface area contributed by atoms with Crippen LogP contribution in [-0.2, 0) is 21.4 Å². The van der Waals surface area contributed by atoms with Gasteiger partial charge in [0.15, 0.2) is 5.78 Å². The van der Waals surface area contributed by atoms with Crippen LogP contribution in [0.4, 0.5) is 4.39 Å². The molecule has 5 rings (SSSR count). The third-order valence-electron chi connectivity index (χ3n) is 6.64. The number of halogens is 1. The van der Waals surface area contributed by atoms with Crippen LogP contribution >= 0.6 is 0 Å². The minimum absolute atomic E-state index is 0.142. The fraction of sp³-hybridized carbons (Fsp3) is 0.409. The number of carbonyl (C=O) groups excluding carboxylic acids is 1. The smallest absolute Gasteiger partial charge is 0.283 e. The van der Waals surface area contributed by atoms with Crippen molar-refractivity contribution in [1.82, 2.24) is 4.98 Å². The molecule has 4 heterocycles. The standard InChI is InChI=1S/C22H22FN3O4/c1-20(2)21(10-28-11-21)22(12-29-19(24)26-22)15-7-13(3-5-17(15)30-20)8-16(27)14-4-6-18(23)25-9-14/h3-7,9H,8,10-12H2,1-2H3,(H2,24,26). The molecule has 1 fully saturated rings. The molecule has 7 nitrogen and oxygen atoms in total. The third kappa shape index (κ3) is 2.49. The summed E-state index contributed by atoms with van der Waals surface area (Å²) in [6.45, 7) is 5.31. The highest BCUT2D eigenvalue weighted by Crippen LogP contribution is 2.62. The number of Topliss-reactive ketones (excluding diaryl/α,β-unsaturated/α-hetero) is 1. The summed E-state index contributed by atoms with van der Waals surface area (Å²) in [6.07, 6.45) is 1.39. The zero-order valence-electron chi connectivity index (χ0n) is 16.8. The minimum atomic E-state index is -0.747. The van der Waals surface area contributed by atoms with Crippen LogP contribution in [0.5, 0.6) is 5.75 Å². The SMILES string of the molecule is CC1(C)Oc2ccc(CC(=O)c3ccc(F)nc3)cc2C2(COC(N)=N2)C12COC2. The molecule has 1 saturated heterocycles. The Morgan fingerprint density at radius 1 is 1.20 bits per heavy atom. The first kappa shape index (κ1) is 19.0. The van der Waals surface area contributed by atoms with E-state index in [-0.39, 0.29) is 18.2 Å². The highest BCUT2D eigenvalue weighted by molar-refractivity contribution is 5.97. The Morgan fingerprint density at radius 3 is 2.60 bits per heavy atom. The van der Waals surface area contributed by atoms with Gasteiger partial charge in [0.25, 0.3) is 6.02 Å². The van der Waals surface area contributed by atoms with E-state index in [0.717, 1.165) is 11.1 Å². The first-order chi connectivity index (χ1) is 14.3. The molecule has 2 spiro atoms. The molecule has 2 N–H and O–H groups in total. The van der Waals surface area contributed by atoms with Gasteiger partial charge >= 0.3 is 0 Å². The lowest BCUT2D eigenvalue weighted by atomic mass is 9.55. The first-order valence-electron chi connectivity index (χ1n) is 9.79. The van der Waals surface area contributed by atoms with Crippen molar-refractivity contribution in [2.45, 2.75) is 31.4 Å². The van der Waals surface area contributed by atoms with Crippen molar-refractivity contribution < 1.29 is 23.4 Å². The Kier molecular flexibility index (Phi) is 3.96. The number of hydrogen-bond donors (Lipinski definition) is 1. The molecule has 1 atom stereocenters. The maximum Gasteiger partial charge on any atom is 0.283 e. The average molecular weight is 411 g/mol. The molecular formula is C22H22FN3O4. The first-order valence-corrected chi connectivity index (χ1v) is 9.79. The Bertz CT molecular complexity index is 1060. The number of benzene rings is 1. The number of hydrogen-bond acceptors (Lipinski definition) is 7. The topological polar surface area (TPSA) is 96.0 Å². The van der Waals surface area contributed by atoms with Crippen molar-refractivity contribution >= 4 is 11.8 Å². The Balaban J connectivity index is 1.56. The number of ether oxygens (including phenoxy) is 3. The molecule has 3 aliphatic heterocycles. The van der Waals surface area contributed by atoms with Gasteiger partial charge in [0.2, 0.25) is 5.95 Å². The molecule has 1 aromatic heterocycles. The summed E-state index contributed by atoms with van der Waals surface area (Å²) in [5, 5.41) is 0. The van der Waals surface area contributed by atoms with Crippen molar-refractivity contribution in [1.29, 1.82) is 0 Å². The predicted octanol–water partition coefficient (Wildman–Crippen LogP) is 2.37. The quantitative estimate of drug-likeness (QED) is 0.615. The fourth-order valence-corrected chi connectivity index (χ4v) is 4.76. The van der Waals surface area contributed by atoms with Crippen molar-refractivity contribution in [3.05, 3.63) is 59.2 Å². The highest BCUT2D eigenvalue weighted by atomic mass is 19.1. The largest absolute Gasteiger partial charge is 0.487 e. The van der Waals surface area contributed by atoms with Gasteiger partial charge in [-0.25, -0.2) is 9.98 Å². The molecule has 2 aromatic rings. The average Bonchev–Trinajstić information content (AvgIpc) is 3.03. The molecule has 0 saturated carbocycles. The van der Waals surface area contributed by atoms with Gasteiger partial charge < -0.3 is 19.9 Å². The minimum Gasteiger partial charge on any atom is -0.487 e. The number of rotatable bonds is 3. The van der Waals surface area contributed by atoms with Gasteiger partial charge in [0.05, 0.1) is 18.6 Å². The molecule has 0 aliphatic carbocycles. The van der Waals surface area contributed by atoms with E-state index in [9.17, 15) is 9.18 Å². The summed E-state index contributed by atoms with van der Waals surface area (Å²) in [7, 11) is 0. The van der Waals surface area contributed by atoms with Crippen LogP contribution in [0, 0.1) is 11.4 Å². The number of aromatic nitrogens is 1. The lowest BCUT2D eigenvalue weighted by Crippen LogP contribution is -2.71. The fourth-order valence-electron chi connectivity index (χ4n) is 4.76. The van der Waals surface area contributed by atoms with E-state index in [4.69, 9.17) is 24.9 Å². The van der Waals surface area contributed by atoms with E-state index in [1.807, 2.05) is 32.0 Å². The van der Waals surface area contributed by atoms with Gasteiger partial charge in [-0.1, -0.05) is 6.07 Å². The number of ketones is 1. The van der Waals surface area contributed by atoms with Gasteiger partial charge in [-0.2, -0.15) is 4.39 Å². The molecular weight excluding hydrogens is 389 g/mol. The molecule has 1 unspecified atom stereocenters. The van der Waals surface area contributed by atoms with E-state index in [2.05, 4.69) is 4.98 Å². The van der Waals surface area contributed by atoms with Crippen LogP contribution < -0.4 is 10.5 Å². The molecule has 3 aliphatic rings. The Hall–Kier alpha value is -3.00. The van der Waals surface area contributed by atoms with Gasteiger partial charge in [-0.15, -0.1) is 0 Å². The lowest BCUT2D eigenvalue weighted by molar-refractivity contribution is -0.247. The zero-order valence-corrected chi connectivity index (χ0v) is 16.8. The van der Waals surface area contributed by atoms with E-state index in [1.165, 1.54) is 18.3 Å². The number of fused-ring (bicyclic) bond motifs is 3. The highest BCUT2D eigenvalue weighted by Gasteiger charge is 2.71. The number of nitrogens with two attached hydrogens (primary N) is 1. The van der Waals surface area contributed by atoms with Crippen LogP contribution in [0.15, 0.2) is 41.5 Å². The van der Waals surface area contributed by atoms with E-state index >= 15 is 0 Å². The summed E-state index contributed by atoms with van der Waals surface area (Å²) >= 11 is 0. The van der Waals surface area contributed by atoms with Crippen molar-refractivity contribution in [2.75, 3.05) is 19.8 Å². The Labute approximate surface area is 173 Å². The summed E-state index contributed by atoms with van der Waals surface area (Å²) < 4.78 is 30.7. The summed E-state index contributed by atoms with van der Waals surface area (Å²) in [4.78, 5) is 21.0. The number of carbonyl (C=O) groups is 1. The molecule has 8 heteroatoms. The summed E-state index contributed by atoms with van der Waals surface area (Å²) in [6, 6.07) is 8.41. The van der Waals surface area contributed by atoms with Crippen LogP contribution in [0.1, 0.15) is 35.3 Å². The van der Waals surface area contributed by atoms with Crippen LogP contribution in [0.3, 0.4) is 0 Å². The summed E-state index contributed by atoms with van der Waals surface area (Å²) in [5.41, 5.74) is 6.21. The second-order valence-corrected chi connectivity index (χ2v) is 8.59. The number of nitrogens with zero attached hydrogens (tertiary/aromatic N) is 2. The second-order valence-electron chi connectivity index (χ2n) is 8.59. The maximum atomic E-state index is 13.1. The van der Waals surface area contributed by atoms with Gasteiger partial charge in [0, 0.05) is 23.7 Å². The molecule has 0 bridgehead atoms. The maximum absolute atomic E-state index is 13.1. The monoisotopic (exact) mass is 411 g/mol. The normalized spacial score (nSPS) is 25.1. The molecule has 156 valence electrons. The van der Waals surface area contributed by atoms with E-state index < -0.39 is 22.5 Å². The lowest BCUT2D eigenvalue weighted by Gasteiger charge is -2.61. The number of amidine groups is 1. The second kappa shape index (κ2) is 6.25. The van der Waals surface area contributed by atoms with Crippen LogP contribution in [-0.4, -0.2) is 42.2 Å². The van der Waals surface area contributed by atoms with Gasteiger partial charge in [-0.05, 0) is 43.7 Å². The molecule has 0 radical (unpaired) electrons. The van der Waals surface area contributed by atoms with Crippen LogP contribution in [0.2, 0.25) is 0 Å². The molecule has 1 aromatic carbocycles. The third-order valence-corrected chi connectivity index (χ3v) is 6.64.